The summed E-state index contributed by atoms with van der Waals surface area (Å²) in [5.74, 6) is 1.71. The van der Waals surface area contributed by atoms with Crippen molar-refractivity contribution in [1.29, 1.82) is 0 Å². The van der Waals surface area contributed by atoms with Gasteiger partial charge in [-0.15, -0.1) is 0 Å². The van der Waals surface area contributed by atoms with Crippen LogP contribution in [0.4, 0.5) is 0 Å². The summed E-state index contributed by atoms with van der Waals surface area (Å²) < 4.78 is 11.0. The number of ether oxygens (including phenoxy) is 2. The highest BCUT2D eigenvalue weighted by atomic mass is 16.5. The molecule has 3 rings (SSSR count). The van der Waals surface area contributed by atoms with Crippen LogP contribution in [0.2, 0.25) is 0 Å². The number of hydrogen-bond acceptors (Lipinski definition) is 4. The molecule has 0 spiro atoms. The lowest BCUT2D eigenvalue weighted by molar-refractivity contribution is -0.135. The van der Waals surface area contributed by atoms with Gasteiger partial charge in [0, 0.05) is 18.4 Å². The highest BCUT2D eigenvalue weighted by Crippen LogP contribution is 2.31. The number of hydrogen-bond donors (Lipinski definition) is 0. The fraction of sp³-hybridized carbons (Fsp3) is 0.391. The molecular weight excluding hydrogens is 352 g/mol. The summed E-state index contributed by atoms with van der Waals surface area (Å²) in [7, 11) is 1.65. The molecule has 28 heavy (non-hydrogen) atoms. The number of methoxy groups -OCH3 is 1. The molecule has 0 saturated heterocycles. The van der Waals surface area contributed by atoms with Gasteiger partial charge in [0.25, 0.3) is 0 Å². The van der Waals surface area contributed by atoms with Crippen LogP contribution in [-0.2, 0) is 4.79 Å². The number of unbranched alkanes of at least 4 members (excludes halogenated alkanes) is 1. The Morgan fingerprint density at radius 2 is 1.82 bits per heavy atom. The first-order valence-corrected chi connectivity index (χ1v) is 9.72. The Kier molecular flexibility index (Phi) is 6.34. The lowest BCUT2D eigenvalue weighted by Gasteiger charge is -2.28. The molecule has 1 aliphatic heterocycles. The molecule has 2 aromatic rings. The number of rotatable bonds is 8. The first kappa shape index (κ1) is 19.9. The summed E-state index contributed by atoms with van der Waals surface area (Å²) in [5.41, 5.74) is 1.60. The van der Waals surface area contributed by atoms with Gasteiger partial charge >= 0.3 is 0 Å². The Balaban J connectivity index is 1.53. The van der Waals surface area contributed by atoms with E-state index in [1.165, 1.54) is 0 Å². The molecule has 0 atom stereocenters. The molecule has 148 valence electrons. The Morgan fingerprint density at radius 1 is 1.07 bits per heavy atom. The van der Waals surface area contributed by atoms with Gasteiger partial charge < -0.3 is 9.47 Å². The van der Waals surface area contributed by atoms with Gasteiger partial charge in [-0.25, -0.2) is 5.01 Å². The first-order valence-electron chi connectivity index (χ1n) is 9.72. The highest BCUT2D eigenvalue weighted by molar-refractivity contribution is 6.03. The van der Waals surface area contributed by atoms with Gasteiger partial charge in [-0.05, 0) is 51.0 Å². The SMILES string of the molecule is COc1cccc(C2=NN(C(=O)CCCCOc3ccccc3)C(C)(C)C2)c1. The molecule has 0 unspecified atom stereocenters. The Morgan fingerprint density at radius 3 is 2.57 bits per heavy atom. The van der Waals surface area contributed by atoms with Gasteiger partial charge in [0.05, 0.1) is 25.0 Å². The normalized spacial score (nSPS) is 15.2. The quantitative estimate of drug-likeness (QED) is 0.626. The van der Waals surface area contributed by atoms with Crippen molar-refractivity contribution in [3.8, 4) is 11.5 Å². The predicted octanol–water partition coefficient (Wildman–Crippen LogP) is 4.66. The fourth-order valence-electron chi connectivity index (χ4n) is 3.32. The molecule has 0 aromatic heterocycles. The number of carbonyl (C=O) groups is 1. The van der Waals surface area contributed by atoms with Crippen LogP contribution in [0.25, 0.3) is 0 Å². The van der Waals surface area contributed by atoms with Gasteiger partial charge in [0.2, 0.25) is 5.91 Å². The molecule has 0 radical (unpaired) electrons. The van der Waals surface area contributed by atoms with Crippen LogP contribution in [0.15, 0.2) is 59.7 Å². The van der Waals surface area contributed by atoms with Crippen LogP contribution >= 0.6 is 0 Å². The standard InChI is InChI=1S/C23H28N2O3/c1-23(2)17-21(18-10-9-13-20(16-18)27-3)24-25(23)22(26)14-7-8-15-28-19-11-5-4-6-12-19/h4-6,9-13,16H,7-8,14-15,17H2,1-3H3. The maximum atomic E-state index is 12.7. The van der Waals surface area contributed by atoms with E-state index in [0.717, 1.165) is 42.0 Å². The minimum absolute atomic E-state index is 0.0580. The minimum atomic E-state index is -0.323. The molecule has 1 aliphatic rings. The van der Waals surface area contributed by atoms with E-state index in [1.54, 1.807) is 12.1 Å². The molecule has 1 amide bonds. The average Bonchev–Trinajstić information content (AvgIpc) is 3.04. The molecule has 0 bridgehead atoms. The molecule has 0 N–H and O–H groups in total. The van der Waals surface area contributed by atoms with Crippen LogP contribution in [0.5, 0.6) is 11.5 Å². The van der Waals surface area contributed by atoms with Crippen molar-refractivity contribution in [3.05, 3.63) is 60.2 Å². The average molecular weight is 380 g/mol. The zero-order valence-electron chi connectivity index (χ0n) is 16.9. The van der Waals surface area contributed by atoms with E-state index in [2.05, 4.69) is 18.9 Å². The second kappa shape index (κ2) is 8.91. The van der Waals surface area contributed by atoms with Crippen molar-refractivity contribution in [2.75, 3.05) is 13.7 Å². The number of hydrazone groups is 1. The van der Waals surface area contributed by atoms with Gasteiger partial charge in [0.15, 0.2) is 0 Å². The van der Waals surface area contributed by atoms with Crippen molar-refractivity contribution in [3.63, 3.8) is 0 Å². The van der Waals surface area contributed by atoms with E-state index in [4.69, 9.17) is 9.47 Å². The third-order valence-electron chi connectivity index (χ3n) is 4.83. The van der Waals surface area contributed by atoms with Crippen LogP contribution < -0.4 is 9.47 Å². The maximum absolute atomic E-state index is 12.7. The van der Waals surface area contributed by atoms with E-state index < -0.39 is 0 Å². The summed E-state index contributed by atoms with van der Waals surface area (Å²) in [4.78, 5) is 12.7. The molecule has 0 fully saturated rings. The Hall–Kier alpha value is -2.82. The van der Waals surface area contributed by atoms with Gasteiger partial charge in [-0.3, -0.25) is 4.79 Å². The van der Waals surface area contributed by atoms with Gasteiger partial charge in [-0.2, -0.15) is 5.10 Å². The Bertz CT molecular complexity index is 831. The molecule has 5 nitrogen and oxygen atoms in total. The third-order valence-corrected chi connectivity index (χ3v) is 4.83. The fourth-order valence-corrected chi connectivity index (χ4v) is 3.32. The Labute approximate surface area is 167 Å². The molecule has 0 saturated carbocycles. The second-order valence-electron chi connectivity index (χ2n) is 7.59. The lowest BCUT2D eigenvalue weighted by atomic mass is 9.94. The van der Waals surface area contributed by atoms with E-state index in [9.17, 15) is 4.79 Å². The summed E-state index contributed by atoms with van der Waals surface area (Å²) in [5, 5.41) is 6.30. The third kappa shape index (κ3) is 4.91. The summed E-state index contributed by atoms with van der Waals surface area (Å²) in [6, 6.07) is 17.6. The number of para-hydroxylation sites is 1. The van der Waals surface area contributed by atoms with Crippen molar-refractivity contribution in [2.24, 2.45) is 5.10 Å². The summed E-state index contributed by atoms with van der Waals surface area (Å²) >= 11 is 0. The van der Waals surface area contributed by atoms with Crippen LogP contribution in [0, 0.1) is 0 Å². The van der Waals surface area contributed by atoms with Gasteiger partial charge in [0.1, 0.15) is 11.5 Å². The topological polar surface area (TPSA) is 51.1 Å². The molecule has 2 aromatic carbocycles. The molecule has 5 heteroatoms. The monoisotopic (exact) mass is 380 g/mol. The lowest BCUT2D eigenvalue weighted by Crippen LogP contribution is -2.40. The first-order chi connectivity index (χ1) is 13.5. The number of carbonyl (C=O) groups excluding carboxylic acids is 1. The second-order valence-corrected chi connectivity index (χ2v) is 7.59. The van der Waals surface area contributed by atoms with E-state index in [1.807, 2.05) is 54.6 Å². The molecular formula is C23H28N2O3. The number of amides is 1. The zero-order chi connectivity index (χ0) is 20.0. The molecule has 0 aliphatic carbocycles. The van der Waals surface area contributed by atoms with E-state index in [0.29, 0.717) is 13.0 Å². The maximum Gasteiger partial charge on any atom is 0.243 e. The number of benzene rings is 2. The van der Waals surface area contributed by atoms with Crippen molar-refractivity contribution >= 4 is 11.6 Å². The molecule has 1 heterocycles. The van der Waals surface area contributed by atoms with Crippen molar-refractivity contribution in [2.45, 2.75) is 45.1 Å². The summed E-state index contributed by atoms with van der Waals surface area (Å²) in [6.07, 6.45) is 2.81. The van der Waals surface area contributed by atoms with Crippen LogP contribution in [0.3, 0.4) is 0 Å². The largest absolute Gasteiger partial charge is 0.497 e. The predicted molar refractivity (Wildman–Crippen MR) is 111 cm³/mol. The van der Waals surface area contributed by atoms with Gasteiger partial charge in [-0.1, -0.05) is 30.3 Å². The highest BCUT2D eigenvalue weighted by Gasteiger charge is 2.38. The number of nitrogens with zero attached hydrogens (tertiary/aromatic N) is 2. The van der Waals surface area contributed by atoms with Crippen molar-refractivity contribution < 1.29 is 14.3 Å². The minimum Gasteiger partial charge on any atom is -0.497 e. The van der Waals surface area contributed by atoms with E-state index >= 15 is 0 Å². The van der Waals surface area contributed by atoms with Crippen LogP contribution in [-0.4, -0.2) is 35.9 Å². The van der Waals surface area contributed by atoms with E-state index in [-0.39, 0.29) is 11.4 Å². The van der Waals surface area contributed by atoms with Crippen LogP contribution in [0.1, 0.15) is 45.1 Å². The zero-order valence-corrected chi connectivity index (χ0v) is 16.9. The smallest absolute Gasteiger partial charge is 0.243 e. The summed E-state index contributed by atoms with van der Waals surface area (Å²) in [6.45, 7) is 4.72. The van der Waals surface area contributed by atoms with Crippen molar-refractivity contribution in [1.82, 2.24) is 5.01 Å².